The first-order valence-electron chi connectivity index (χ1n) is 8.88. The molecule has 1 fully saturated rings. The van der Waals surface area contributed by atoms with Gasteiger partial charge in [-0.05, 0) is 56.5 Å². The summed E-state index contributed by atoms with van der Waals surface area (Å²) in [5, 5.41) is 1.02. The number of amides is 1. The van der Waals surface area contributed by atoms with Crippen LogP contribution in [0.25, 0.3) is 0 Å². The summed E-state index contributed by atoms with van der Waals surface area (Å²) in [6, 6.07) is 5.68. The molecule has 2 rings (SSSR count). The van der Waals surface area contributed by atoms with Gasteiger partial charge in [0.1, 0.15) is 0 Å². The lowest BCUT2D eigenvalue weighted by atomic mass is 10.0. The summed E-state index contributed by atoms with van der Waals surface area (Å²) in [5.74, 6) is 0.595. The maximum atomic E-state index is 12.9. The van der Waals surface area contributed by atoms with Crippen molar-refractivity contribution >= 4 is 29.1 Å². The van der Waals surface area contributed by atoms with Crippen LogP contribution in [0.3, 0.4) is 0 Å². The summed E-state index contributed by atoms with van der Waals surface area (Å²) in [5.41, 5.74) is 0.913. The van der Waals surface area contributed by atoms with Crippen molar-refractivity contribution in [1.29, 1.82) is 0 Å². The van der Waals surface area contributed by atoms with Crippen LogP contribution in [0.15, 0.2) is 18.2 Å². The Labute approximate surface area is 155 Å². The molecule has 0 saturated carbocycles. The molecule has 1 aromatic rings. The fourth-order valence-corrected chi connectivity index (χ4v) is 3.74. The van der Waals surface area contributed by atoms with Crippen molar-refractivity contribution in [2.75, 3.05) is 26.2 Å². The smallest absolute Gasteiger partial charge is 0.227 e. The van der Waals surface area contributed by atoms with Gasteiger partial charge in [-0.3, -0.25) is 4.79 Å². The van der Waals surface area contributed by atoms with Crippen LogP contribution < -0.4 is 0 Å². The van der Waals surface area contributed by atoms with Gasteiger partial charge in [0.25, 0.3) is 0 Å². The third-order valence-electron chi connectivity index (χ3n) is 4.81. The molecular weight excluding hydrogens is 343 g/mol. The predicted octanol–water partition coefficient (Wildman–Crippen LogP) is 4.50. The number of carbonyl (C=O) groups is 1. The number of likely N-dealkylation sites (tertiary alicyclic amines) is 1. The minimum absolute atomic E-state index is 0.161. The van der Waals surface area contributed by atoms with E-state index < -0.39 is 0 Å². The standard InChI is InChI=1S/C19H28Cl2N2O/c1-4-23(18(14(2)3)13-22-9-5-6-10-22)19(24)12-15-7-8-16(20)17(21)11-15/h7-8,11,14,18H,4-6,9-10,12-13H2,1-3H3. The fourth-order valence-electron chi connectivity index (χ4n) is 3.42. The van der Waals surface area contributed by atoms with Crippen LogP contribution in [-0.2, 0) is 11.2 Å². The molecule has 5 heteroatoms. The van der Waals surface area contributed by atoms with E-state index in [1.54, 1.807) is 12.1 Å². The van der Waals surface area contributed by atoms with E-state index in [0.29, 0.717) is 22.4 Å². The molecule has 0 spiro atoms. The Hall–Kier alpha value is -0.770. The maximum Gasteiger partial charge on any atom is 0.227 e. The molecule has 0 bridgehead atoms. The average Bonchev–Trinajstić information content (AvgIpc) is 3.03. The lowest BCUT2D eigenvalue weighted by Gasteiger charge is -2.36. The Balaban J connectivity index is 2.07. The third-order valence-corrected chi connectivity index (χ3v) is 5.55. The van der Waals surface area contributed by atoms with E-state index in [9.17, 15) is 4.79 Å². The summed E-state index contributed by atoms with van der Waals surface area (Å²) < 4.78 is 0. The van der Waals surface area contributed by atoms with Gasteiger partial charge in [0.05, 0.1) is 16.5 Å². The van der Waals surface area contributed by atoms with Crippen LogP contribution in [0.4, 0.5) is 0 Å². The van der Waals surface area contributed by atoms with Crippen molar-refractivity contribution in [2.45, 2.75) is 46.1 Å². The highest BCUT2D eigenvalue weighted by atomic mass is 35.5. The molecule has 1 amide bonds. The molecule has 0 N–H and O–H groups in total. The molecule has 0 aromatic heterocycles. The molecular formula is C19H28Cl2N2O. The molecule has 1 aliphatic rings. The molecule has 24 heavy (non-hydrogen) atoms. The molecule has 3 nitrogen and oxygen atoms in total. The minimum atomic E-state index is 0.161. The van der Waals surface area contributed by atoms with Gasteiger partial charge in [-0.25, -0.2) is 0 Å². The van der Waals surface area contributed by atoms with E-state index >= 15 is 0 Å². The van der Waals surface area contributed by atoms with Crippen molar-refractivity contribution in [3.05, 3.63) is 33.8 Å². The van der Waals surface area contributed by atoms with E-state index in [4.69, 9.17) is 23.2 Å². The van der Waals surface area contributed by atoms with Crippen molar-refractivity contribution in [2.24, 2.45) is 5.92 Å². The number of rotatable bonds is 7. The Bertz CT molecular complexity index is 556. The molecule has 0 aliphatic carbocycles. The van der Waals surface area contributed by atoms with Crippen molar-refractivity contribution in [1.82, 2.24) is 9.80 Å². The number of halogens is 2. The van der Waals surface area contributed by atoms with Gasteiger partial charge in [-0.1, -0.05) is 43.1 Å². The highest BCUT2D eigenvalue weighted by Crippen LogP contribution is 2.24. The fraction of sp³-hybridized carbons (Fsp3) is 0.632. The van der Waals surface area contributed by atoms with E-state index in [-0.39, 0.29) is 11.9 Å². The van der Waals surface area contributed by atoms with Gasteiger partial charge < -0.3 is 9.80 Å². The number of benzene rings is 1. The first-order valence-corrected chi connectivity index (χ1v) is 9.63. The van der Waals surface area contributed by atoms with Crippen LogP contribution in [0.5, 0.6) is 0 Å². The van der Waals surface area contributed by atoms with Crippen LogP contribution in [-0.4, -0.2) is 47.9 Å². The van der Waals surface area contributed by atoms with Crippen LogP contribution in [0.2, 0.25) is 10.0 Å². The SMILES string of the molecule is CCN(C(=O)Cc1ccc(Cl)c(Cl)c1)C(CN1CCCC1)C(C)C. The van der Waals surface area contributed by atoms with E-state index in [1.807, 2.05) is 11.0 Å². The molecule has 1 unspecified atom stereocenters. The predicted molar refractivity (Wildman–Crippen MR) is 102 cm³/mol. The lowest BCUT2D eigenvalue weighted by Crippen LogP contribution is -2.49. The molecule has 1 atom stereocenters. The summed E-state index contributed by atoms with van der Waals surface area (Å²) in [6.07, 6.45) is 2.91. The Morgan fingerprint density at radius 2 is 1.88 bits per heavy atom. The highest BCUT2D eigenvalue weighted by Gasteiger charge is 2.28. The van der Waals surface area contributed by atoms with E-state index in [0.717, 1.165) is 31.7 Å². The topological polar surface area (TPSA) is 23.6 Å². The number of hydrogen-bond donors (Lipinski definition) is 0. The third kappa shape index (κ3) is 5.11. The molecule has 1 heterocycles. The number of likely N-dealkylation sites (N-methyl/N-ethyl adjacent to an activating group) is 1. The van der Waals surface area contributed by atoms with Gasteiger partial charge in [0, 0.05) is 19.1 Å². The van der Waals surface area contributed by atoms with Gasteiger partial charge in [0.2, 0.25) is 5.91 Å². The number of carbonyl (C=O) groups excluding carboxylic acids is 1. The van der Waals surface area contributed by atoms with Crippen LogP contribution >= 0.6 is 23.2 Å². The normalized spacial score (nSPS) is 16.6. The minimum Gasteiger partial charge on any atom is -0.338 e. The van der Waals surface area contributed by atoms with Crippen molar-refractivity contribution in [3.63, 3.8) is 0 Å². The van der Waals surface area contributed by atoms with E-state index in [1.165, 1.54) is 12.8 Å². The number of nitrogens with zero attached hydrogens (tertiary/aromatic N) is 2. The Morgan fingerprint density at radius 1 is 1.21 bits per heavy atom. The summed E-state index contributed by atoms with van der Waals surface area (Å²) in [6.45, 7) is 10.5. The molecule has 1 aliphatic heterocycles. The second-order valence-corrected chi connectivity index (χ2v) is 7.74. The zero-order valence-corrected chi connectivity index (χ0v) is 16.4. The second-order valence-electron chi connectivity index (χ2n) is 6.92. The van der Waals surface area contributed by atoms with Crippen molar-refractivity contribution in [3.8, 4) is 0 Å². The molecule has 1 saturated heterocycles. The van der Waals surface area contributed by atoms with Gasteiger partial charge in [0.15, 0.2) is 0 Å². The van der Waals surface area contributed by atoms with Crippen LogP contribution in [0.1, 0.15) is 39.2 Å². The average molecular weight is 371 g/mol. The van der Waals surface area contributed by atoms with Crippen molar-refractivity contribution < 1.29 is 4.79 Å². The molecule has 1 aromatic carbocycles. The highest BCUT2D eigenvalue weighted by molar-refractivity contribution is 6.42. The molecule has 0 radical (unpaired) electrons. The first-order chi connectivity index (χ1) is 11.4. The molecule has 134 valence electrons. The second kappa shape index (κ2) is 9.07. The maximum absolute atomic E-state index is 12.9. The summed E-state index contributed by atoms with van der Waals surface area (Å²) in [4.78, 5) is 17.4. The first kappa shape index (κ1) is 19.6. The summed E-state index contributed by atoms with van der Waals surface area (Å²) >= 11 is 12.0. The lowest BCUT2D eigenvalue weighted by molar-refractivity contribution is -0.134. The van der Waals surface area contributed by atoms with Gasteiger partial charge >= 0.3 is 0 Å². The summed E-state index contributed by atoms with van der Waals surface area (Å²) in [7, 11) is 0. The Morgan fingerprint density at radius 3 is 2.42 bits per heavy atom. The van der Waals surface area contributed by atoms with Gasteiger partial charge in [-0.2, -0.15) is 0 Å². The largest absolute Gasteiger partial charge is 0.338 e. The monoisotopic (exact) mass is 370 g/mol. The number of hydrogen-bond acceptors (Lipinski definition) is 2. The quantitative estimate of drug-likeness (QED) is 0.704. The van der Waals surface area contributed by atoms with Crippen LogP contribution in [0, 0.1) is 5.92 Å². The zero-order valence-electron chi connectivity index (χ0n) is 14.9. The van der Waals surface area contributed by atoms with E-state index in [2.05, 4.69) is 25.7 Å². The Kier molecular flexibility index (Phi) is 7.39. The van der Waals surface area contributed by atoms with Gasteiger partial charge in [-0.15, -0.1) is 0 Å². The zero-order chi connectivity index (χ0) is 17.7.